The fourth-order valence-corrected chi connectivity index (χ4v) is 5.64. The van der Waals surface area contributed by atoms with Crippen LogP contribution in [0.4, 0.5) is 0 Å². The number of phosphoric ester groups is 1. The summed E-state index contributed by atoms with van der Waals surface area (Å²) in [6.07, 6.45) is -4.37. The third kappa shape index (κ3) is 7.47. The average Bonchev–Trinajstić information content (AvgIpc) is 2.80. The zero-order valence-electron chi connectivity index (χ0n) is 21.3. The van der Waals surface area contributed by atoms with Crippen molar-refractivity contribution >= 4 is 7.82 Å². The van der Waals surface area contributed by atoms with Crippen molar-refractivity contribution in [2.75, 3.05) is 26.7 Å². The number of aliphatic hydroxyl groups is 2. The van der Waals surface area contributed by atoms with Gasteiger partial charge in [-0.3, -0.25) is 4.52 Å². The summed E-state index contributed by atoms with van der Waals surface area (Å²) in [7, 11) is -3.51. The lowest BCUT2D eigenvalue weighted by Crippen LogP contribution is -2.69. The van der Waals surface area contributed by atoms with Gasteiger partial charge in [-0.05, 0) is 39.4 Å². The van der Waals surface area contributed by atoms with Crippen molar-refractivity contribution in [2.45, 2.75) is 93.5 Å². The van der Waals surface area contributed by atoms with Crippen molar-refractivity contribution in [3.63, 3.8) is 0 Å². The fourth-order valence-electron chi connectivity index (χ4n) is 5.10. The van der Waals surface area contributed by atoms with E-state index >= 15 is 0 Å². The van der Waals surface area contributed by atoms with E-state index in [0.29, 0.717) is 25.1 Å². The van der Waals surface area contributed by atoms with Gasteiger partial charge in [0.25, 0.3) is 0 Å². The maximum absolute atomic E-state index is 11.8. The van der Waals surface area contributed by atoms with Gasteiger partial charge < -0.3 is 66.8 Å². The summed E-state index contributed by atoms with van der Waals surface area (Å²) in [6, 6.07) is -2.57. The van der Waals surface area contributed by atoms with E-state index in [2.05, 4.69) is 10.6 Å². The third-order valence-electron chi connectivity index (χ3n) is 6.88. The molecule has 2 fully saturated rings. The standard InChI is InChI=1S/C21H42N5O10P/c1-4-26-13-7-12(24)15(34-19-11(23)6-5-10(8-22)33-19)14(27)16(13)35-20-17(36-37(29,30)31)18(25-3)21(2,28)9-32-20/h5,11-20,25-28H,4,6-9,22-24H2,1-3H3,(H2,29,30,31)/t11-,12+,13-,14+,15-,16+,17-,18-,19-,20+,21+/m1/s1. The van der Waals surface area contributed by atoms with Gasteiger partial charge in [-0.1, -0.05) is 6.92 Å². The van der Waals surface area contributed by atoms with Crippen LogP contribution in [0.2, 0.25) is 0 Å². The minimum atomic E-state index is -5.02. The Bertz CT molecular complexity index is 832. The van der Waals surface area contributed by atoms with Gasteiger partial charge in [-0.15, -0.1) is 0 Å². The molecule has 15 nitrogen and oxygen atoms in total. The van der Waals surface area contributed by atoms with Gasteiger partial charge in [0, 0.05) is 12.1 Å². The highest BCUT2D eigenvalue weighted by molar-refractivity contribution is 7.46. The quantitative estimate of drug-likeness (QED) is 0.121. The first-order valence-corrected chi connectivity index (χ1v) is 13.9. The van der Waals surface area contributed by atoms with Crippen molar-refractivity contribution in [3.8, 4) is 0 Å². The molecule has 0 bridgehead atoms. The molecule has 0 aromatic carbocycles. The van der Waals surface area contributed by atoms with Crippen LogP contribution in [-0.2, 0) is 28.0 Å². The molecule has 2 heterocycles. The number of nitrogens with two attached hydrogens (primary N) is 3. The van der Waals surface area contributed by atoms with E-state index in [-0.39, 0.29) is 13.2 Å². The Hall–Kier alpha value is -0.750. The van der Waals surface area contributed by atoms with Crippen molar-refractivity contribution in [3.05, 3.63) is 11.8 Å². The molecule has 1 saturated heterocycles. The molecule has 3 rings (SSSR count). The highest BCUT2D eigenvalue weighted by Crippen LogP contribution is 2.43. The van der Waals surface area contributed by atoms with Gasteiger partial charge >= 0.3 is 7.82 Å². The monoisotopic (exact) mass is 555 g/mol. The largest absolute Gasteiger partial charge is 0.470 e. The van der Waals surface area contributed by atoms with Crippen molar-refractivity contribution in [1.29, 1.82) is 0 Å². The van der Waals surface area contributed by atoms with Gasteiger partial charge in [0.2, 0.25) is 6.29 Å². The van der Waals surface area contributed by atoms with Crippen LogP contribution in [0, 0.1) is 0 Å². The molecule has 37 heavy (non-hydrogen) atoms. The summed E-state index contributed by atoms with van der Waals surface area (Å²) in [4.78, 5) is 19.0. The van der Waals surface area contributed by atoms with Crippen molar-refractivity contribution < 1.29 is 48.0 Å². The molecule has 0 radical (unpaired) electrons. The van der Waals surface area contributed by atoms with E-state index in [1.165, 1.54) is 14.0 Å². The first-order valence-electron chi connectivity index (χ1n) is 12.4. The summed E-state index contributed by atoms with van der Waals surface area (Å²) in [6.45, 7) is 3.78. The van der Waals surface area contributed by atoms with Crippen LogP contribution in [0.1, 0.15) is 26.7 Å². The summed E-state index contributed by atoms with van der Waals surface area (Å²) in [5.41, 5.74) is 16.7. The number of hydrogen-bond acceptors (Lipinski definition) is 13. The maximum Gasteiger partial charge on any atom is 0.470 e. The lowest BCUT2D eigenvalue weighted by Gasteiger charge is -2.49. The zero-order valence-corrected chi connectivity index (χ0v) is 22.2. The number of aliphatic hydroxyl groups excluding tert-OH is 1. The van der Waals surface area contributed by atoms with Gasteiger partial charge in [0.1, 0.15) is 35.8 Å². The number of phosphoric acid groups is 1. The molecular formula is C21H42N5O10P. The second kappa shape index (κ2) is 12.6. The molecule has 0 aromatic heterocycles. The predicted molar refractivity (Wildman–Crippen MR) is 131 cm³/mol. The molecule has 1 saturated carbocycles. The number of likely N-dealkylation sites (N-methyl/N-ethyl adjacent to an activating group) is 2. The molecule has 11 atom stereocenters. The second-order valence-electron chi connectivity index (χ2n) is 9.88. The van der Waals surface area contributed by atoms with Crippen LogP contribution in [0.3, 0.4) is 0 Å². The van der Waals surface area contributed by atoms with Gasteiger partial charge in [0.05, 0.1) is 25.2 Å². The predicted octanol–water partition coefficient (Wildman–Crippen LogP) is -3.08. The van der Waals surface area contributed by atoms with E-state index in [0.717, 1.165) is 0 Å². The highest BCUT2D eigenvalue weighted by atomic mass is 31.2. The first kappa shape index (κ1) is 30.8. The highest BCUT2D eigenvalue weighted by Gasteiger charge is 2.53. The Labute approximate surface area is 216 Å². The summed E-state index contributed by atoms with van der Waals surface area (Å²) in [5.74, 6) is 0.516. The SMILES string of the molecule is CCN[C@@H]1C[C@H](N)[C@@H](O[C@H]2OC(CN)=CC[C@H]2N)[C@H](O)[C@H]1O[C@@H]1OC[C@](C)(O)[C@H](NC)[C@H]1OP(=O)(O)O. The second-order valence-corrected chi connectivity index (χ2v) is 11.1. The van der Waals surface area contributed by atoms with Crippen LogP contribution in [0.25, 0.3) is 0 Å². The molecule has 0 spiro atoms. The zero-order chi connectivity index (χ0) is 27.5. The Balaban J connectivity index is 1.84. The van der Waals surface area contributed by atoms with Crippen LogP contribution in [0.5, 0.6) is 0 Å². The summed E-state index contributed by atoms with van der Waals surface area (Å²) < 4.78 is 40.3. The Morgan fingerprint density at radius 2 is 1.86 bits per heavy atom. The number of ether oxygens (including phenoxy) is 4. The molecule has 1 aliphatic carbocycles. The van der Waals surface area contributed by atoms with E-state index in [9.17, 15) is 24.6 Å². The average molecular weight is 556 g/mol. The van der Waals surface area contributed by atoms with E-state index in [1.807, 2.05) is 6.92 Å². The molecule has 12 N–H and O–H groups in total. The van der Waals surface area contributed by atoms with E-state index in [4.69, 9.17) is 40.7 Å². The molecule has 0 amide bonds. The Morgan fingerprint density at radius 3 is 2.46 bits per heavy atom. The Morgan fingerprint density at radius 1 is 1.19 bits per heavy atom. The molecular weight excluding hydrogens is 513 g/mol. The lowest BCUT2D eigenvalue weighted by atomic mass is 9.83. The number of rotatable bonds is 10. The molecule has 216 valence electrons. The summed E-state index contributed by atoms with van der Waals surface area (Å²) >= 11 is 0. The molecule has 0 aromatic rings. The third-order valence-corrected chi connectivity index (χ3v) is 7.40. The maximum atomic E-state index is 11.8. The molecule has 3 aliphatic rings. The van der Waals surface area contributed by atoms with E-state index in [1.54, 1.807) is 6.08 Å². The van der Waals surface area contributed by atoms with Gasteiger partial charge in [-0.2, -0.15) is 0 Å². The van der Waals surface area contributed by atoms with Gasteiger partial charge in [0.15, 0.2) is 6.29 Å². The number of nitrogens with one attached hydrogen (secondary N) is 2. The lowest BCUT2D eigenvalue weighted by molar-refractivity contribution is -0.301. The smallest absolute Gasteiger partial charge is 0.467 e. The van der Waals surface area contributed by atoms with Crippen LogP contribution >= 0.6 is 7.82 Å². The van der Waals surface area contributed by atoms with Crippen molar-refractivity contribution in [1.82, 2.24) is 10.6 Å². The molecule has 0 unspecified atom stereocenters. The van der Waals surface area contributed by atoms with Crippen molar-refractivity contribution in [2.24, 2.45) is 17.2 Å². The number of hydrogen-bond donors (Lipinski definition) is 9. The minimum Gasteiger partial charge on any atom is -0.467 e. The topological polar surface area (TPSA) is 246 Å². The molecule has 16 heteroatoms. The fraction of sp³-hybridized carbons (Fsp3) is 0.905. The van der Waals surface area contributed by atoms with E-state index < -0.39 is 74.6 Å². The first-order chi connectivity index (χ1) is 17.3. The van der Waals surface area contributed by atoms with Crippen LogP contribution < -0.4 is 27.8 Å². The molecule has 2 aliphatic heterocycles. The minimum absolute atomic E-state index is 0.163. The van der Waals surface area contributed by atoms with Gasteiger partial charge in [-0.25, -0.2) is 4.57 Å². The van der Waals surface area contributed by atoms with Crippen LogP contribution in [0.15, 0.2) is 11.8 Å². The summed E-state index contributed by atoms with van der Waals surface area (Å²) in [5, 5.41) is 28.2. The Kier molecular flexibility index (Phi) is 10.5. The normalized spacial score (nSPS) is 43.2. The van der Waals surface area contributed by atoms with Crippen LogP contribution in [-0.4, -0.2) is 114 Å².